The third kappa shape index (κ3) is 4.03. The monoisotopic (exact) mass is 258 g/mol. The van der Waals surface area contributed by atoms with Crippen LogP contribution in [0.4, 0.5) is 0 Å². The van der Waals surface area contributed by atoms with Crippen LogP contribution in [0.15, 0.2) is 36.4 Å². The van der Waals surface area contributed by atoms with Crippen LogP contribution in [-0.2, 0) is 11.2 Å². The lowest BCUT2D eigenvalue weighted by molar-refractivity contribution is -0.121. The number of rotatable bonds is 6. The van der Waals surface area contributed by atoms with E-state index in [-0.39, 0.29) is 12.5 Å². The standard InChI is InChI=1S/C15H18N2O2/c18-11-3-10-16-15(19)9-8-13-7-6-12-4-1-2-5-14(12)17-13/h1-2,4-7,18H,3,8-11H2,(H,16,19). The normalized spacial score (nSPS) is 10.6. The first kappa shape index (κ1) is 13.5. The second-order valence-corrected chi connectivity index (χ2v) is 4.42. The predicted molar refractivity (Wildman–Crippen MR) is 74.8 cm³/mol. The van der Waals surface area contributed by atoms with Crippen molar-refractivity contribution in [2.45, 2.75) is 19.3 Å². The lowest BCUT2D eigenvalue weighted by Crippen LogP contribution is -2.25. The summed E-state index contributed by atoms with van der Waals surface area (Å²) >= 11 is 0. The minimum absolute atomic E-state index is 0.00316. The number of para-hydroxylation sites is 1. The Bertz CT molecular complexity index is 555. The van der Waals surface area contributed by atoms with Crippen LogP contribution in [0.5, 0.6) is 0 Å². The van der Waals surface area contributed by atoms with Gasteiger partial charge in [0.05, 0.1) is 5.52 Å². The maximum atomic E-state index is 11.5. The van der Waals surface area contributed by atoms with E-state index >= 15 is 0 Å². The third-order valence-electron chi connectivity index (χ3n) is 2.92. The van der Waals surface area contributed by atoms with E-state index in [2.05, 4.69) is 10.3 Å². The van der Waals surface area contributed by atoms with Crippen LogP contribution in [-0.4, -0.2) is 29.1 Å². The fraction of sp³-hybridized carbons (Fsp3) is 0.333. The number of pyridine rings is 1. The van der Waals surface area contributed by atoms with Crippen molar-refractivity contribution in [2.24, 2.45) is 0 Å². The van der Waals surface area contributed by atoms with Gasteiger partial charge in [-0.05, 0) is 25.0 Å². The smallest absolute Gasteiger partial charge is 0.220 e. The largest absolute Gasteiger partial charge is 0.396 e. The maximum absolute atomic E-state index is 11.5. The van der Waals surface area contributed by atoms with Gasteiger partial charge in [0, 0.05) is 30.7 Å². The highest BCUT2D eigenvalue weighted by Crippen LogP contribution is 2.12. The Labute approximate surface area is 112 Å². The Balaban J connectivity index is 1.89. The molecule has 2 aromatic rings. The summed E-state index contributed by atoms with van der Waals surface area (Å²) in [6.07, 6.45) is 1.66. The molecule has 0 radical (unpaired) electrons. The number of nitrogens with zero attached hydrogens (tertiary/aromatic N) is 1. The van der Waals surface area contributed by atoms with Crippen LogP contribution in [0.25, 0.3) is 10.9 Å². The van der Waals surface area contributed by atoms with E-state index < -0.39 is 0 Å². The highest BCUT2D eigenvalue weighted by Gasteiger charge is 2.03. The minimum Gasteiger partial charge on any atom is -0.396 e. The van der Waals surface area contributed by atoms with Crippen molar-refractivity contribution >= 4 is 16.8 Å². The summed E-state index contributed by atoms with van der Waals surface area (Å²) in [4.78, 5) is 16.1. The van der Waals surface area contributed by atoms with Crippen LogP contribution in [0.2, 0.25) is 0 Å². The van der Waals surface area contributed by atoms with Crippen LogP contribution in [0, 0.1) is 0 Å². The van der Waals surface area contributed by atoms with Crippen molar-refractivity contribution in [2.75, 3.05) is 13.2 Å². The second kappa shape index (κ2) is 6.85. The molecular weight excluding hydrogens is 240 g/mol. The van der Waals surface area contributed by atoms with Crippen molar-refractivity contribution in [1.82, 2.24) is 10.3 Å². The molecule has 4 heteroatoms. The number of carbonyl (C=O) groups excluding carboxylic acids is 1. The van der Waals surface area contributed by atoms with Gasteiger partial charge in [-0.25, -0.2) is 0 Å². The average molecular weight is 258 g/mol. The fourth-order valence-electron chi connectivity index (χ4n) is 1.88. The second-order valence-electron chi connectivity index (χ2n) is 4.42. The number of nitrogens with one attached hydrogen (secondary N) is 1. The molecule has 1 aromatic carbocycles. The summed E-state index contributed by atoms with van der Waals surface area (Å²) in [5.74, 6) is 0.00316. The van der Waals surface area contributed by atoms with Crippen LogP contribution < -0.4 is 5.32 Å². The molecule has 0 saturated heterocycles. The Morgan fingerprint density at radius 2 is 2.05 bits per heavy atom. The Morgan fingerprint density at radius 3 is 2.89 bits per heavy atom. The molecule has 0 fully saturated rings. The molecular formula is C15H18N2O2. The van der Waals surface area contributed by atoms with Gasteiger partial charge in [0.1, 0.15) is 0 Å². The molecule has 0 bridgehead atoms. The number of aliphatic hydroxyl groups excluding tert-OH is 1. The zero-order valence-corrected chi connectivity index (χ0v) is 10.8. The molecule has 0 atom stereocenters. The Kier molecular flexibility index (Phi) is 4.86. The zero-order chi connectivity index (χ0) is 13.5. The number of carbonyl (C=O) groups is 1. The number of amides is 1. The molecule has 0 aliphatic rings. The molecule has 100 valence electrons. The lowest BCUT2D eigenvalue weighted by atomic mass is 10.1. The summed E-state index contributed by atoms with van der Waals surface area (Å²) in [6.45, 7) is 0.632. The van der Waals surface area contributed by atoms with Gasteiger partial charge in [0.2, 0.25) is 5.91 Å². The van der Waals surface area contributed by atoms with Crippen molar-refractivity contribution < 1.29 is 9.90 Å². The Hall–Kier alpha value is -1.94. The molecule has 1 amide bonds. The van der Waals surface area contributed by atoms with Gasteiger partial charge in [-0.3, -0.25) is 9.78 Å². The molecule has 4 nitrogen and oxygen atoms in total. The first-order valence-corrected chi connectivity index (χ1v) is 6.52. The predicted octanol–water partition coefficient (Wildman–Crippen LogP) is 1.67. The van der Waals surface area contributed by atoms with Gasteiger partial charge >= 0.3 is 0 Å². The molecule has 2 rings (SSSR count). The van der Waals surface area contributed by atoms with Crippen LogP contribution in [0.1, 0.15) is 18.5 Å². The maximum Gasteiger partial charge on any atom is 0.220 e. The molecule has 0 spiro atoms. The van der Waals surface area contributed by atoms with Crippen molar-refractivity contribution in [3.63, 3.8) is 0 Å². The lowest BCUT2D eigenvalue weighted by Gasteiger charge is -2.05. The molecule has 0 saturated carbocycles. The van der Waals surface area contributed by atoms with E-state index in [4.69, 9.17) is 5.11 Å². The van der Waals surface area contributed by atoms with Crippen LogP contribution in [0.3, 0.4) is 0 Å². The number of fused-ring (bicyclic) bond motifs is 1. The summed E-state index contributed by atoms with van der Waals surface area (Å²) in [6, 6.07) is 11.9. The van der Waals surface area contributed by atoms with Gasteiger partial charge in [0.15, 0.2) is 0 Å². The summed E-state index contributed by atoms with van der Waals surface area (Å²) in [5.41, 5.74) is 1.89. The molecule has 0 unspecified atom stereocenters. The number of hydrogen-bond acceptors (Lipinski definition) is 3. The number of hydrogen-bond donors (Lipinski definition) is 2. The molecule has 2 N–H and O–H groups in total. The highest BCUT2D eigenvalue weighted by molar-refractivity contribution is 5.79. The van der Waals surface area contributed by atoms with Gasteiger partial charge in [-0.1, -0.05) is 24.3 Å². The summed E-state index contributed by atoms with van der Waals surface area (Å²) < 4.78 is 0. The molecule has 0 aliphatic carbocycles. The van der Waals surface area contributed by atoms with Gasteiger partial charge in [-0.2, -0.15) is 0 Å². The van der Waals surface area contributed by atoms with E-state index in [1.807, 2.05) is 36.4 Å². The minimum atomic E-state index is 0.00316. The first-order valence-electron chi connectivity index (χ1n) is 6.52. The van der Waals surface area contributed by atoms with Gasteiger partial charge < -0.3 is 10.4 Å². The number of aryl methyl sites for hydroxylation is 1. The Morgan fingerprint density at radius 1 is 1.21 bits per heavy atom. The number of benzene rings is 1. The van der Waals surface area contributed by atoms with Crippen LogP contribution >= 0.6 is 0 Å². The van der Waals surface area contributed by atoms with E-state index in [0.29, 0.717) is 25.8 Å². The topological polar surface area (TPSA) is 62.2 Å². The highest BCUT2D eigenvalue weighted by atomic mass is 16.3. The first-order chi connectivity index (χ1) is 9.29. The molecule has 1 heterocycles. The van der Waals surface area contributed by atoms with Crippen molar-refractivity contribution in [3.8, 4) is 0 Å². The summed E-state index contributed by atoms with van der Waals surface area (Å²) in [7, 11) is 0. The van der Waals surface area contributed by atoms with Gasteiger partial charge in [-0.15, -0.1) is 0 Å². The SMILES string of the molecule is O=C(CCc1ccc2ccccc2n1)NCCCO. The average Bonchev–Trinajstić information content (AvgIpc) is 2.45. The van der Waals surface area contributed by atoms with Gasteiger partial charge in [0.25, 0.3) is 0 Å². The van der Waals surface area contributed by atoms with Crippen molar-refractivity contribution in [3.05, 3.63) is 42.1 Å². The molecule has 1 aromatic heterocycles. The quantitative estimate of drug-likeness (QED) is 0.775. The van der Waals surface area contributed by atoms with Crippen molar-refractivity contribution in [1.29, 1.82) is 0 Å². The van der Waals surface area contributed by atoms with E-state index in [1.165, 1.54) is 0 Å². The molecule has 0 aliphatic heterocycles. The number of aliphatic hydroxyl groups is 1. The third-order valence-corrected chi connectivity index (χ3v) is 2.92. The van der Waals surface area contributed by atoms with E-state index in [9.17, 15) is 4.79 Å². The zero-order valence-electron chi connectivity index (χ0n) is 10.8. The fourth-order valence-corrected chi connectivity index (χ4v) is 1.88. The van der Waals surface area contributed by atoms with E-state index in [1.54, 1.807) is 0 Å². The number of aromatic nitrogens is 1. The molecule has 19 heavy (non-hydrogen) atoms. The summed E-state index contributed by atoms with van der Waals surface area (Å²) in [5, 5.41) is 12.5. The van der Waals surface area contributed by atoms with E-state index in [0.717, 1.165) is 16.6 Å².